The zero-order chi connectivity index (χ0) is 15.6. The number of rotatable bonds is 4. The van der Waals surface area contributed by atoms with Crippen LogP contribution in [-0.4, -0.2) is 40.7 Å². The third-order valence-electron chi connectivity index (χ3n) is 3.61. The van der Waals surface area contributed by atoms with E-state index >= 15 is 0 Å². The summed E-state index contributed by atoms with van der Waals surface area (Å²) in [4.78, 5) is 27.3. The van der Waals surface area contributed by atoms with Crippen LogP contribution in [0.4, 0.5) is 8.78 Å². The Kier molecular flexibility index (Phi) is 4.55. The van der Waals surface area contributed by atoms with E-state index < -0.39 is 17.7 Å². The summed E-state index contributed by atoms with van der Waals surface area (Å²) < 4.78 is 26.1. The Bertz CT molecular complexity index is 563. The minimum absolute atomic E-state index is 0.0424. The predicted molar refractivity (Wildman–Crippen MR) is 73.2 cm³/mol. The highest BCUT2D eigenvalue weighted by atomic mass is 19.2. The molecule has 1 aliphatic heterocycles. The van der Waals surface area contributed by atoms with Crippen LogP contribution in [0.2, 0.25) is 0 Å². The number of amides is 2. The quantitative estimate of drug-likeness (QED) is 0.852. The number of nitrogens with zero attached hydrogens (tertiary/aromatic N) is 2. The van der Waals surface area contributed by atoms with Gasteiger partial charge in [-0.2, -0.15) is 0 Å². The van der Waals surface area contributed by atoms with Crippen LogP contribution in [0.3, 0.4) is 0 Å². The number of carbonyl (C=O) groups is 2. The minimum atomic E-state index is -0.955. The Hall–Kier alpha value is -1.98. The molecule has 0 bridgehead atoms. The molecule has 0 aromatic heterocycles. The van der Waals surface area contributed by atoms with Gasteiger partial charge in [0.15, 0.2) is 11.6 Å². The molecular weight excluding hydrogens is 278 g/mol. The summed E-state index contributed by atoms with van der Waals surface area (Å²) in [6.07, 6.45) is 0.787. The van der Waals surface area contributed by atoms with Crippen LogP contribution in [0.5, 0.6) is 0 Å². The van der Waals surface area contributed by atoms with Gasteiger partial charge in [0.1, 0.15) is 6.04 Å². The Morgan fingerprint density at radius 2 is 1.95 bits per heavy atom. The first-order chi connectivity index (χ1) is 9.93. The summed E-state index contributed by atoms with van der Waals surface area (Å²) in [6, 6.07) is 2.90. The van der Waals surface area contributed by atoms with Gasteiger partial charge >= 0.3 is 0 Å². The maximum absolute atomic E-state index is 13.2. The monoisotopic (exact) mass is 296 g/mol. The van der Waals surface area contributed by atoms with Crippen LogP contribution in [-0.2, 0) is 16.1 Å². The van der Waals surface area contributed by atoms with E-state index in [2.05, 4.69) is 0 Å². The highest BCUT2D eigenvalue weighted by molar-refractivity contribution is 5.94. The van der Waals surface area contributed by atoms with Crippen LogP contribution in [0, 0.1) is 11.6 Å². The molecule has 1 aromatic carbocycles. The topological polar surface area (TPSA) is 40.6 Å². The average Bonchev–Trinajstić information content (AvgIpc) is 2.45. The molecule has 114 valence electrons. The molecule has 0 N–H and O–H groups in total. The van der Waals surface area contributed by atoms with Crippen LogP contribution in [0.1, 0.15) is 25.8 Å². The fourth-order valence-corrected chi connectivity index (χ4v) is 2.46. The van der Waals surface area contributed by atoms with Crippen molar-refractivity contribution in [3.63, 3.8) is 0 Å². The smallest absolute Gasteiger partial charge is 0.245 e. The van der Waals surface area contributed by atoms with Crippen molar-refractivity contribution in [1.82, 2.24) is 9.80 Å². The molecule has 0 unspecified atom stereocenters. The van der Waals surface area contributed by atoms with Gasteiger partial charge in [0, 0.05) is 13.1 Å². The highest BCUT2D eigenvalue weighted by Crippen LogP contribution is 2.18. The molecule has 1 fully saturated rings. The molecule has 2 amide bonds. The second kappa shape index (κ2) is 6.20. The molecule has 2 rings (SSSR count). The number of hydrogen-bond acceptors (Lipinski definition) is 2. The molecular formula is C15H18F2N2O2. The first-order valence-corrected chi connectivity index (χ1v) is 6.96. The van der Waals surface area contributed by atoms with Crippen molar-refractivity contribution in [3.05, 3.63) is 35.4 Å². The highest BCUT2D eigenvalue weighted by Gasteiger charge is 2.35. The van der Waals surface area contributed by atoms with E-state index in [0.717, 1.165) is 18.6 Å². The molecule has 6 heteroatoms. The summed E-state index contributed by atoms with van der Waals surface area (Å²) in [5.41, 5.74) is 0.464. The summed E-state index contributed by atoms with van der Waals surface area (Å²) in [7, 11) is 0. The Morgan fingerprint density at radius 3 is 2.57 bits per heavy atom. The molecule has 1 aromatic rings. The fraction of sp³-hybridized carbons (Fsp3) is 0.467. The van der Waals surface area contributed by atoms with E-state index in [4.69, 9.17) is 0 Å². The second-order valence-electron chi connectivity index (χ2n) is 5.21. The van der Waals surface area contributed by atoms with Crippen molar-refractivity contribution in [2.75, 3.05) is 13.1 Å². The van der Waals surface area contributed by atoms with Crippen molar-refractivity contribution in [2.45, 2.75) is 32.9 Å². The SMILES string of the molecule is CCCN1CC(=O)N(Cc2ccc(F)c(F)c2)[C@H](C)C1=O. The van der Waals surface area contributed by atoms with E-state index in [9.17, 15) is 18.4 Å². The summed E-state index contributed by atoms with van der Waals surface area (Å²) in [5, 5.41) is 0. The van der Waals surface area contributed by atoms with Crippen molar-refractivity contribution in [3.8, 4) is 0 Å². The van der Waals surface area contributed by atoms with Crippen molar-refractivity contribution >= 4 is 11.8 Å². The molecule has 0 aliphatic carbocycles. The lowest BCUT2D eigenvalue weighted by molar-refractivity contribution is -0.155. The van der Waals surface area contributed by atoms with Crippen molar-refractivity contribution in [1.29, 1.82) is 0 Å². The minimum Gasteiger partial charge on any atom is -0.332 e. The number of hydrogen-bond donors (Lipinski definition) is 0. The van der Waals surface area contributed by atoms with Crippen molar-refractivity contribution in [2.24, 2.45) is 0 Å². The van der Waals surface area contributed by atoms with Gasteiger partial charge in [-0.15, -0.1) is 0 Å². The fourth-order valence-electron chi connectivity index (χ4n) is 2.46. The van der Waals surface area contributed by atoms with E-state index in [-0.39, 0.29) is 24.9 Å². The molecule has 1 aliphatic rings. The van der Waals surface area contributed by atoms with E-state index in [1.807, 2.05) is 6.92 Å². The van der Waals surface area contributed by atoms with Crippen LogP contribution in [0.25, 0.3) is 0 Å². The Morgan fingerprint density at radius 1 is 1.24 bits per heavy atom. The van der Waals surface area contributed by atoms with Crippen LogP contribution >= 0.6 is 0 Å². The van der Waals surface area contributed by atoms with E-state index in [1.54, 1.807) is 6.92 Å². The van der Waals surface area contributed by atoms with E-state index in [0.29, 0.717) is 12.1 Å². The molecule has 0 radical (unpaired) electrons. The molecule has 21 heavy (non-hydrogen) atoms. The van der Waals surface area contributed by atoms with Crippen LogP contribution in [0.15, 0.2) is 18.2 Å². The van der Waals surface area contributed by atoms with Crippen molar-refractivity contribution < 1.29 is 18.4 Å². The third-order valence-corrected chi connectivity index (χ3v) is 3.61. The summed E-state index contributed by atoms with van der Waals surface area (Å²) in [5.74, 6) is -2.18. The molecule has 1 saturated heterocycles. The number of piperazine rings is 1. The Balaban J connectivity index is 2.14. The largest absolute Gasteiger partial charge is 0.332 e. The normalized spacial score (nSPS) is 19.3. The van der Waals surface area contributed by atoms with Gasteiger partial charge in [0.05, 0.1) is 6.54 Å². The average molecular weight is 296 g/mol. The van der Waals surface area contributed by atoms with Gasteiger partial charge in [-0.05, 0) is 31.0 Å². The first kappa shape index (κ1) is 15.4. The lowest BCUT2D eigenvalue weighted by Crippen LogP contribution is -2.58. The second-order valence-corrected chi connectivity index (χ2v) is 5.21. The molecule has 0 saturated carbocycles. The number of benzene rings is 1. The molecule has 4 nitrogen and oxygen atoms in total. The maximum Gasteiger partial charge on any atom is 0.245 e. The van der Waals surface area contributed by atoms with Gasteiger partial charge in [-0.3, -0.25) is 9.59 Å². The van der Waals surface area contributed by atoms with Gasteiger partial charge < -0.3 is 9.80 Å². The number of halogens is 2. The van der Waals surface area contributed by atoms with Gasteiger partial charge in [0.25, 0.3) is 0 Å². The van der Waals surface area contributed by atoms with Crippen LogP contribution < -0.4 is 0 Å². The Labute approximate surface area is 122 Å². The lowest BCUT2D eigenvalue weighted by Gasteiger charge is -2.38. The zero-order valence-corrected chi connectivity index (χ0v) is 12.1. The standard InChI is InChI=1S/C15H18F2N2O2/c1-3-6-18-9-14(20)19(10(2)15(18)21)8-11-4-5-12(16)13(17)7-11/h4-5,7,10H,3,6,8-9H2,1-2H3/t10-/m1/s1. The summed E-state index contributed by atoms with van der Waals surface area (Å²) in [6.45, 7) is 4.29. The number of carbonyl (C=O) groups excluding carboxylic acids is 2. The molecule has 0 spiro atoms. The van der Waals surface area contributed by atoms with Gasteiger partial charge in [0.2, 0.25) is 11.8 Å². The predicted octanol–water partition coefficient (Wildman–Crippen LogP) is 1.93. The van der Waals surface area contributed by atoms with E-state index in [1.165, 1.54) is 15.9 Å². The lowest BCUT2D eigenvalue weighted by atomic mass is 10.1. The molecule has 1 heterocycles. The van der Waals surface area contributed by atoms with Gasteiger partial charge in [-0.25, -0.2) is 8.78 Å². The van der Waals surface area contributed by atoms with Gasteiger partial charge in [-0.1, -0.05) is 13.0 Å². The first-order valence-electron chi connectivity index (χ1n) is 6.96. The zero-order valence-electron chi connectivity index (χ0n) is 12.1. The third kappa shape index (κ3) is 3.20. The summed E-state index contributed by atoms with van der Waals surface area (Å²) >= 11 is 0. The molecule has 1 atom stereocenters. The maximum atomic E-state index is 13.2.